The van der Waals surface area contributed by atoms with E-state index in [9.17, 15) is 0 Å². The third-order valence-corrected chi connectivity index (χ3v) is 4.19. The summed E-state index contributed by atoms with van der Waals surface area (Å²) < 4.78 is 5.44. The van der Waals surface area contributed by atoms with Crippen molar-refractivity contribution in [2.24, 2.45) is 5.92 Å². The van der Waals surface area contributed by atoms with Crippen molar-refractivity contribution >= 4 is 11.8 Å². The van der Waals surface area contributed by atoms with Crippen molar-refractivity contribution in [1.82, 2.24) is 0 Å². The highest BCUT2D eigenvalue weighted by atomic mass is 32.2. The number of thioether (sulfide) groups is 1. The van der Waals surface area contributed by atoms with Gasteiger partial charge in [-0.3, -0.25) is 0 Å². The molecule has 0 N–H and O–H groups in total. The van der Waals surface area contributed by atoms with Crippen LogP contribution in [0.25, 0.3) is 0 Å². The summed E-state index contributed by atoms with van der Waals surface area (Å²) in [6.45, 7) is 8.86. The third kappa shape index (κ3) is 3.36. The zero-order chi connectivity index (χ0) is 8.97. The Morgan fingerprint density at radius 3 is 2.58 bits per heavy atom. The van der Waals surface area contributed by atoms with Crippen LogP contribution in [-0.2, 0) is 4.74 Å². The van der Waals surface area contributed by atoms with Crippen LogP contribution >= 0.6 is 11.8 Å². The molecule has 0 radical (unpaired) electrons. The fourth-order valence-corrected chi connectivity index (χ4v) is 2.68. The summed E-state index contributed by atoms with van der Waals surface area (Å²) in [6.07, 6.45) is 2.60. The van der Waals surface area contributed by atoms with E-state index in [-0.39, 0.29) is 0 Å². The zero-order valence-corrected chi connectivity index (χ0v) is 9.19. The molecule has 1 heterocycles. The summed E-state index contributed by atoms with van der Waals surface area (Å²) in [5, 5.41) is 1.54. The van der Waals surface area contributed by atoms with Crippen LogP contribution in [0.5, 0.6) is 0 Å². The maximum atomic E-state index is 5.44. The Morgan fingerprint density at radius 2 is 2.08 bits per heavy atom. The van der Waals surface area contributed by atoms with E-state index in [0.29, 0.717) is 0 Å². The van der Waals surface area contributed by atoms with Crippen LogP contribution in [0, 0.1) is 5.92 Å². The molecule has 2 heteroatoms. The molecule has 1 aliphatic heterocycles. The first-order valence-corrected chi connectivity index (χ1v) is 5.87. The molecule has 1 nitrogen and oxygen atoms in total. The molecule has 0 saturated carbocycles. The second-order valence-electron chi connectivity index (χ2n) is 3.92. The molecule has 2 atom stereocenters. The molecule has 0 spiro atoms. The lowest BCUT2D eigenvalue weighted by atomic mass is 10.1. The average Bonchev–Trinajstić information content (AvgIpc) is 2.06. The smallest absolute Gasteiger partial charge is 0.0585 e. The first kappa shape index (κ1) is 10.4. The molecule has 1 saturated heterocycles. The van der Waals surface area contributed by atoms with Crippen LogP contribution < -0.4 is 0 Å². The summed E-state index contributed by atoms with van der Waals surface area (Å²) >= 11 is 2.10. The Bertz CT molecular complexity index is 119. The molecule has 1 rings (SSSR count). The fraction of sp³-hybridized carbons (Fsp3) is 1.00. The number of rotatable bonds is 3. The Kier molecular flexibility index (Phi) is 4.44. The van der Waals surface area contributed by atoms with Gasteiger partial charge >= 0.3 is 0 Å². The molecule has 72 valence electrons. The van der Waals surface area contributed by atoms with Gasteiger partial charge in [-0.05, 0) is 18.8 Å². The highest BCUT2D eigenvalue weighted by Gasteiger charge is 2.18. The molecule has 12 heavy (non-hydrogen) atoms. The van der Waals surface area contributed by atoms with Crippen LogP contribution in [0.1, 0.15) is 33.6 Å². The van der Waals surface area contributed by atoms with E-state index in [4.69, 9.17) is 4.74 Å². The van der Waals surface area contributed by atoms with Crippen molar-refractivity contribution in [3.05, 3.63) is 0 Å². The quantitative estimate of drug-likeness (QED) is 0.673. The van der Waals surface area contributed by atoms with E-state index >= 15 is 0 Å². The van der Waals surface area contributed by atoms with E-state index in [1.165, 1.54) is 12.8 Å². The Labute approximate surface area is 80.3 Å². The number of ether oxygens (including phenoxy) is 1. The van der Waals surface area contributed by atoms with Gasteiger partial charge in [0.25, 0.3) is 0 Å². The molecule has 0 bridgehead atoms. The van der Waals surface area contributed by atoms with Gasteiger partial charge in [-0.1, -0.05) is 20.8 Å². The second-order valence-corrected chi connectivity index (χ2v) is 5.61. The minimum Gasteiger partial charge on any atom is -0.380 e. The molecule has 1 fully saturated rings. The van der Waals surface area contributed by atoms with E-state index < -0.39 is 0 Å². The molecule has 0 amide bonds. The standard InChI is InChI=1S/C10H20OS/c1-8(2)9(3)12-10-5-4-6-11-7-10/h8-10H,4-7H2,1-3H3. The van der Waals surface area contributed by atoms with Crippen LogP contribution in [-0.4, -0.2) is 23.7 Å². The van der Waals surface area contributed by atoms with E-state index in [2.05, 4.69) is 32.5 Å². The van der Waals surface area contributed by atoms with Gasteiger partial charge in [-0.25, -0.2) is 0 Å². The lowest BCUT2D eigenvalue weighted by Gasteiger charge is -2.26. The van der Waals surface area contributed by atoms with Gasteiger partial charge in [0.15, 0.2) is 0 Å². The van der Waals surface area contributed by atoms with Crippen molar-refractivity contribution < 1.29 is 4.74 Å². The van der Waals surface area contributed by atoms with Crippen molar-refractivity contribution in [3.63, 3.8) is 0 Å². The van der Waals surface area contributed by atoms with Gasteiger partial charge in [-0.2, -0.15) is 11.8 Å². The molecule has 1 aliphatic rings. The van der Waals surface area contributed by atoms with Crippen LogP contribution in [0.2, 0.25) is 0 Å². The molecule has 0 aromatic heterocycles. The Hall–Kier alpha value is 0.310. The van der Waals surface area contributed by atoms with Crippen molar-refractivity contribution in [1.29, 1.82) is 0 Å². The molecule has 0 aromatic carbocycles. The summed E-state index contributed by atoms with van der Waals surface area (Å²) in [5.41, 5.74) is 0. The lowest BCUT2D eigenvalue weighted by molar-refractivity contribution is 0.101. The summed E-state index contributed by atoms with van der Waals surface area (Å²) in [7, 11) is 0. The van der Waals surface area contributed by atoms with E-state index in [0.717, 1.165) is 29.6 Å². The average molecular weight is 188 g/mol. The highest BCUT2D eigenvalue weighted by Crippen LogP contribution is 2.28. The Balaban J connectivity index is 2.20. The zero-order valence-electron chi connectivity index (χ0n) is 8.38. The highest BCUT2D eigenvalue weighted by molar-refractivity contribution is 8.00. The van der Waals surface area contributed by atoms with E-state index in [1.807, 2.05) is 0 Å². The van der Waals surface area contributed by atoms with Crippen molar-refractivity contribution in [2.45, 2.75) is 44.1 Å². The first-order chi connectivity index (χ1) is 5.70. The van der Waals surface area contributed by atoms with Gasteiger partial charge in [0.2, 0.25) is 0 Å². The molecule has 0 aliphatic carbocycles. The van der Waals surface area contributed by atoms with Gasteiger partial charge in [0.1, 0.15) is 0 Å². The maximum absolute atomic E-state index is 5.44. The number of hydrogen-bond acceptors (Lipinski definition) is 2. The van der Waals surface area contributed by atoms with Crippen LogP contribution in [0.3, 0.4) is 0 Å². The van der Waals surface area contributed by atoms with Crippen molar-refractivity contribution in [2.75, 3.05) is 13.2 Å². The SMILES string of the molecule is CC(C)C(C)SC1CCCOC1. The van der Waals surface area contributed by atoms with E-state index in [1.54, 1.807) is 0 Å². The van der Waals surface area contributed by atoms with Crippen LogP contribution in [0.15, 0.2) is 0 Å². The summed E-state index contributed by atoms with van der Waals surface area (Å²) in [4.78, 5) is 0. The summed E-state index contributed by atoms with van der Waals surface area (Å²) in [6, 6.07) is 0. The monoisotopic (exact) mass is 188 g/mol. The van der Waals surface area contributed by atoms with Crippen LogP contribution in [0.4, 0.5) is 0 Å². The lowest BCUT2D eigenvalue weighted by Crippen LogP contribution is -2.23. The van der Waals surface area contributed by atoms with Crippen molar-refractivity contribution in [3.8, 4) is 0 Å². The van der Waals surface area contributed by atoms with Gasteiger partial charge in [0, 0.05) is 17.1 Å². The first-order valence-electron chi connectivity index (χ1n) is 4.93. The fourth-order valence-electron chi connectivity index (χ4n) is 1.28. The molecule has 2 unspecified atom stereocenters. The molecular weight excluding hydrogens is 168 g/mol. The normalized spacial score (nSPS) is 27.5. The summed E-state index contributed by atoms with van der Waals surface area (Å²) in [5.74, 6) is 0.789. The van der Waals surface area contributed by atoms with Gasteiger partial charge in [0.05, 0.1) is 6.61 Å². The largest absolute Gasteiger partial charge is 0.380 e. The maximum Gasteiger partial charge on any atom is 0.0585 e. The number of hydrogen-bond donors (Lipinski definition) is 0. The minimum absolute atomic E-state index is 0.760. The van der Waals surface area contributed by atoms with Gasteiger partial charge in [-0.15, -0.1) is 0 Å². The predicted molar refractivity (Wildman–Crippen MR) is 55.7 cm³/mol. The Morgan fingerprint density at radius 1 is 1.33 bits per heavy atom. The predicted octanol–water partition coefficient (Wildman–Crippen LogP) is 2.94. The third-order valence-electron chi connectivity index (χ3n) is 2.46. The topological polar surface area (TPSA) is 9.23 Å². The minimum atomic E-state index is 0.760. The molecular formula is C10H20OS. The molecule has 0 aromatic rings. The second kappa shape index (κ2) is 5.13. The van der Waals surface area contributed by atoms with Gasteiger partial charge < -0.3 is 4.74 Å².